The molecule has 1 saturated heterocycles. The van der Waals surface area contributed by atoms with E-state index in [9.17, 15) is 4.79 Å². The van der Waals surface area contributed by atoms with Gasteiger partial charge in [0.25, 0.3) is 5.91 Å². The largest absolute Gasteiger partial charge is 0.333 e. The lowest BCUT2D eigenvalue weighted by atomic mass is 10.1. The molecule has 2 N–H and O–H groups in total. The number of nitrogens with one attached hydrogen (secondary N) is 2. The van der Waals surface area contributed by atoms with Crippen LogP contribution in [0.25, 0.3) is 0 Å². The number of aromatic nitrogens is 2. The zero-order valence-electron chi connectivity index (χ0n) is 11.2. The maximum absolute atomic E-state index is 12.7. The van der Waals surface area contributed by atoms with Crippen molar-refractivity contribution in [2.75, 3.05) is 25.1 Å². The molecule has 3 heterocycles. The number of likely N-dealkylation sites (tertiary alicyclic amines) is 1. The van der Waals surface area contributed by atoms with E-state index >= 15 is 0 Å². The summed E-state index contributed by atoms with van der Waals surface area (Å²) < 4.78 is 0. The van der Waals surface area contributed by atoms with Gasteiger partial charge >= 0.3 is 0 Å². The fourth-order valence-electron chi connectivity index (χ4n) is 3.01. The Kier molecular flexibility index (Phi) is 3.79. The predicted molar refractivity (Wildman–Crippen MR) is 76.4 cm³/mol. The summed E-state index contributed by atoms with van der Waals surface area (Å²) in [6, 6.07) is 0.381. The van der Waals surface area contributed by atoms with Crippen LogP contribution in [0, 0.1) is 0 Å². The molecule has 2 aliphatic heterocycles. The lowest BCUT2D eigenvalue weighted by molar-refractivity contribution is 0.0742. The summed E-state index contributed by atoms with van der Waals surface area (Å²) in [5.74, 6) is 1.13. The fraction of sp³-hybridized carbons (Fsp3) is 0.692. The molecule has 1 atom stereocenters. The van der Waals surface area contributed by atoms with Crippen LogP contribution in [0.5, 0.6) is 0 Å². The van der Waals surface area contributed by atoms with Crippen molar-refractivity contribution >= 4 is 17.7 Å². The van der Waals surface area contributed by atoms with E-state index < -0.39 is 0 Å². The van der Waals surface area contributed by atoms with Crippen LogP contribution in [0.15, 0.2) is 0 Å². The highest BCUT2D eigenvalue weighted by molar-refractivity contribution is 7.98. The van der Waals surface area contributed by atoms with Gasteiger partial charge < -0.3 is 10.2 Å². The molecule has 3 rings (SSSR count). The summed E-state index contributed by atoms with van der Waals surface area (Å²) in [5, 5.41) is 10.6. The van der Waals surface area contributed by atoms with Crippen molar-refractivity contribution in [2.45, 2.75) is 31.8 Å². The first kappa shape index (κ1) is 13.0. The molecule has 1 fully saturated rings. The van der Waals surface area contributed by atoms with Crippen molar-refractivity contribution < 1.29 is 4.79 Å². The van der Waals surface area contributed by atoms with Crippen LogP contribution >= 0.6 is 11.8 Å². The number of aromatic amines is 1. The molecule has 6 heteroatoms. The average Bonchev–Trinajstić information content (AvgIpc) is 3.04. The third-order valence-corrected chi connectivity index (χ3v) is 4.72. The number of carbonyl (C=O) groups excluding carboxylic acids is 1. The Bertz CT molecular complexity index is 473. The molecule has 2 aliphatic rings. The quantitative estimate of drug-likeness (QED) is 0.868. The standard InChI is InChI=1S/C13H20N4OS/c1-19-8-9-3-2-6-17(9)13(18)12-10-7-14-5-4-11(10)15-16-12/h9,14H,2-8H2,1H3,(H,15,16). The zero-order chi connectivity index (χ0) is 13.2. The van der Waals surface area contributed by atoms with Crippen LogP contribution in [0.3, 0.4) is 0 Å². The molecule has 1 unspecified atom stereocenters. The molecule has 0 spiro atoms. The van der Waals surface area contributed by atoms with Crippen LogP contribution in [0.2, 0.25) is 0 Å². The van der Waals surface area contributed by atoms with Gasteiger partial charge in [-0.05, 0) is 19.1 Å². The summed E-state index contributed by atoms with van der Waals surface area (Å²) in [6.07, 6.45) is 5.27. The van der Waals surface area contributed by atoms with Crippen LogP contribution in [-0.4, -0.2) is 52.1 Å². The van der Waals surface area contributed by atoms with Gasteiger partial charge in [0.2, 0.25) is 0 Å². The first-order valence-corrected chi connectivity index (χ1v) is 8.27. The van der Waals surface area contributed by atoms with E-state index in [0.717, 1.165) is 55.9 Å². The van der Waals surface area contributed by atoms with E-state index in [2.05, 4.69) is 21.8 Å². The number of H-pyrrole nitrogens is 1. The minimum absolute atomic E-state index is 0.109. The van der Waals surface area contributed by atoms with Crippen molar-refractivity contribution in [3.05, 3.63) is 17.0 Å². The van der Waals surface area contributed by atoms with Gasteiger partial charge in [-0.2, -0.15) is 16.9 Å². The Morgan fingerprint density at radius 3 is 3.32 bits per heavy atom. The van der Waals surface area contributed by atoms with E-state index in [1.807, 2.05) is 16.7 Å². The maximum Gasteiger partial charge on any atom is 0.274 e. The van der Waals surface area contributed by atoms with Gasteiger partial charge in [-0.1, -0.05) is 0 Å². The zero-order valence-corrected chi connectivity index (χ0v) is 12.1. The Morgan fingerprint density at radius 2 is 2.47 bits per heavy atom. The van der Waals surface area contributed by atoms with Crippen LogP contribution in [-0.2, 0) is 13.0 Å². The number of nitrogens with zero attached hydrogens (tertiary/aromatic N) is 2. The van der Waals surface area contributed by atoms with Crippen molar-refractivity contribution in [1.82, 2.24) is 20.4 Å². The molecule has 5 nitrogen and oxygen atoms in total. The summed E-state index contributed by atoms with van der Waals surface area (Å²) in [6.45, 7) is 2.59. The minimum atomic E-state index is 0.109. The first-order valence-electron chi connectivity index (χ1n) is 6.88. The normalized spacial score (nSPS) is 22.6. The number of thioether (sulfide) groups is 1. The third-order valence-electron chi connectivity index (χ3n) is 4.01. The number of hydrogen-bond donors (Lipinski definition) is 2. The van der Waals surface area contributed by atoms with Gasteiger partial charge in [0.1, 0.15) is 0 Å². The number of hydrogen-bond acceptors (Lipinski definition) is 4. The van der Waals surface area contributed by atoms with Crippen molar-refractivity contribution in [3.63, 3.8) is 0 Å². The molecule has 1 amide bonds. The molecule has 0 aromatic carbocycles. The Morgan fingerprint density at radius 1 is 1.58 bits per heavy atom. The molecule has 0 bridgehead atoms. The second-order valence-electron chi connectivity index (χ2n) is 5.21. The Hall–Kier alpha value is -1.01. The fourth-order valence-corrected chi connectivity index (χ4v) is 3.74. The molecule has 19 heavy (non-hydrogen) atoms. The van der Waals surface area contributed by atoms with E-state index in [4.69, 9.17) is 0 Å². The van der Waals surface area contributed by atoms with Gasteiger partial charge in [0, 0.05) is 49.1 Å². The highest BCUT2D eigenvalue weighted by Gasteiger charge is 2.32. The molecule has 0 aliphatic carbocycles. The molecular weight excluding hydrogens is 260 g/mol. The van der Waals surface area contributed by atoms with Gasteiger partial charge in [-0.15, -0.1) is 0 Å². The van der Waals surface area contributed by atoms with E-state index in [1.54, 1.807) is 0 Å². The third kappa shape index (κ3) is 2.39. The summed E-state index contributed by atoms with van der Waals surface area (Å²) in [7, 11) is 0. The lowest BCUT2D eigenvalue weighted by Crippen LogP contribution is -2.38. The predicted octanol–water partition coefficient (Wildman–Crippen LogP) is 1.02. The van der Waals surface area contributed by atoms with E-state index in [0.29, 0.717) is 11.7 Å². The molecule has 0 saturated carbocycles. The van der Waals surface area contributed by atoms with Gasteiger partial charge in [0.15, 0.2) is 5.69 Å². The van der Waals surface area contributed by atoms with E-state index in [1.165, 1.54) is 0 Å². The van der Waals surface area contributed by atoms with Crippen LogP contribution < -0.4 is 5.32 Å². The summed E-state index contributed by atoms with van der Waals surface area (Å²) >= 11 is 1.81. The smallest absolute Gasteiger partial charge is 0.274 e. The SMILES string of the molecule is CSCC1CCCN1C(=O)c1n[nH]c2c1CNCC2. The first-order chi connectivity index (χ1) is 9.31. The minimum Gasteiger partial charge on any atom is -0.333 e. The van der Waals surface area contributed by atoms with E-state index in [-0.39, 0.29) is 5.91 Å². The number of carbonyl (C=O) groups is 1. The number of amides is 1. The Balaban J connectivity index is 1.81. The summed E-state index contributed by atoms with van der Waals surface area (Å²) in [4.78, 5) is 14.7. The highest BCUT2D eigenvalue weighted by Crippen LogP contribution is 2.24. The Labute approximate surface area is 117 Å². The second kappa shape index (κ2) is 5.54. The topological polar surface area (TPSA) is 61.0 Å². The molecular formula is C13H20N4OS. The van der Waals surface area contributed by atoms with Crippen molar-refractivity contribution in [2.24, 2.45) is 0 Å². The number of fused-ring (bicyclic) bond motifs is 1. The van der Waals surface area contributed by atoms with Crippen molar-refractivity contribution in [1.29, 1.82) is 0 Å². The average molecular weight is 280 g/mol. The number of rotatable bonds is 3. The monoisotopic (exact) mass is 280 g/mol. The highest BCUT2D eigenvalue weighted by atomic mass is 32.2. The van der Waals surface area contributed by atoms with Crippen LogP contribution in [0.1, 0.15) is 34.6 Å². The molecule has 1 aromatic rings. The maximum atomic E-state index is 12.7. The van der Waals surface area contributed by atoms with Gasteiger partial charge in [-0.3, -0.25) is 9.89 Å². The lowest BCUT2D eigenvalue weighted by Gasteiger charge is -2.24. The molecule has 104 valence electrons. The molecule has 0 radical (unpaired) electrons. The summed E-state index contributed by atoms with van der Waals surface area (Å²) in [5.41, 5.74) is 2.84. The second-order valence-corrected chi connectivity index (χ2v) is 6.12. The van der Waals surface area contributed by atoms with Gasteiger partial charge in [-0.25, -0.2) is 0 Å². The molecule has 1 aromatic heterocycles. The van der Waals surface area contributed by atoms with Crippen molar-refractivity contribution in [3.8, 4) is 0 Å². The van der Waals surface area contributed by atoms with Gasteiger partial charge in [0.05, 0.1) is 0 Å². The van der Waals surface area contributed by atoms with Crippen LogP contribution in [0.4, 0.5) is 0 Å².